The van der Waals surface area contributed by atoms with Gasteiger partial charge in [-0.2, -0.15) is 29.6 Å². The number of carbonyl (C=O) groups excluding carboxylic acids is 18. The SMILES string of the molecule is C=C1C=C(OC=O)CC1.C=C1C=C(OC=O)CC1.C=C1C=C(OC=O)CO1.C=C1C=C(OC=O)CS1.C=C1N(C)C(=O)C(C)(C=O)C(=O)N1C.C=C1N(C)C(=O)C(C=O)(/C(C)=N\OC)C(=O)N1C.CC1=CC(=O)N(C=O)S(=O)(=O)O1.CC1=CN(C)C(=O)C1(C)C=O.Cc1ccc2c(c1)S(=O)(=O)N(C=O)C2=O.O=CN1Cc2ccccc2S1(=O)=O.O=CN1S(=O)(=O)c2ccccc2S1(=O)=O. The molecular formula is C83H90N10O35S6. The van der Waals surface area contributed by atoms with Crippen molar-refractivity contribution in [3.8, 4) is 0 Å². The molecule has 718 valence electrons. The predicted molar refractivity (Wildman–Crippen MR) is 468 cm³/mol. The number of ether oxygens (including phenoxy) is 5. The van der Waals surface area contributed by atoms with Gasteiger partial charge >= 0.3 is 10.3 Å². The molecule has 2 saturated heterocycles. The molecule has 45 nitrogen and oxygen atoms in total. The molecule has 0 saturated carbocycles. The molecule has 11 aliphatic rings. The number of hydrogen-bond acceptors (Lipinski definition) is 37. The standard InChI is InChI=1S/C11H15N3O4.C9H12N2O3.C9H7NO4S.C8H7NO3S.C8H11NO2.C7H5NO5S2.2C7H8O2.C6H6O3.C6H6O2S.C5H5NO5S/c1-7(12-18-5)11(6-15)9(16)13(3)8(2)14(4)10(11)17;1-6-10(3)7(13)9(2,5-12)8(14)11(6)4;1-6-2-3-7-8(4-6)15(13,14)10(5-11)9(7)12;10-6-9-5-7-3-1-2-4-8(7)13(9,11)12;1-6-4-9(3)7(11)8(6,2)5-10;9-5-8-14(10,11)6-3-1-2-4-7(6)15(8,12)13;2*1-6-2-3-7(4-6)9-5-8;1-5-2-6(3-8-5)9-4-7;1-5-2-6(3-9-5)8-4-7;1-4-2-5(8)6(3-7)12(9,10)11-4/h6H,2H2,1,3-5H3;5H,1H2,2-4H3;2-5H,1H3;1-4,6H,5H2;4-5H,1-3H3;1-5H;2*4-5H,1-3H2;2*2,4H,1,3H2;2-3H,1H3/b12-7-;;;;;;;;;;. The highest BCUT2D eigenvalue weighted by molar-refractivity contribution is 8.07. The predicted octanol–water partition coefficient (Wildman–Crippen LogP) is 3.76. The summed E-state index contributed by atoms with van der Waals surface area (Å²) in [5.74, 6) is 0.0297. The van der Waals surface area contributed by atoms with Crippen molar-refractivity contribution in [2.24, 2.45) is 21.4 Å². The summed E-state index contributed by atoms with van der Waals surface area (Å²) in [5.41, 5.74) is -0.180. The van der Waals surface area contributed by atoms with Gasteiger partial charge in [-0.25, -0.2) is 21.1 Å². The second kappa shape index (κ2) is 47.3. The zero-order chi connectivity index (χ0) is 102. The van der Waals surface area contributed by atoms with E-state index in [9.17, 15) is 128 Å². The normalized spacial score (nSPS) is 20.1. The van der Waals surface area contributed by atoms with Gasteiger partial charge in [-0.05, 0) is 120 Å². The highest BCUT2D eigenvalue weighted by atomic mass is 32.3. The molecule has 134 heavy (non-hydrogen) atoms. The fourth-order valence-electron chi connectivity index (χ4n) is 11.8. The van der Waals surface area contributed by atoms with Crippen molar-refractivity contribution < 1.29 is 161 Å². The van der Waals surface area contributed by atoms with Gasteiger partial charge in [-0.15, -0.1) is 19.8 Å². The van der Waals surface area contributed by atoms with E-state index in [4.69, 9.17) is 4.74 Å². The second-order valence-corrected chi connectivity index (χ2v) is 38.3. The van der Waals surface area contributed by atoms with Crippen LogP contribution in [0.5, 0.6) is 0 Å². The molecule has 0 aromatic heterocycles. The number of carbonyl (C=O) groups is 18. The molecule has 0 bridgehead atoms. The monoisotopic (exact) mass is 1980 g/mol. The molecule has 14 rings (SSSR count). The molecule has 0 radical (unpaired) electrons. The van der Waals surface area contributed by atoms with Crippen LogP contribution in [0.2, 0.25) is 0 Å². The van der Waals surface area contributed by atoms with Gasteiger partial charge in [-0.1, -0.05) is 92.2 Å². The molecule has 3 aromatic carbocycles. The van der Waals surface area contributed by atoms with E-state index in [2.05, 4.69) is 72.6 Å². The second-order valence-electron chi connectivity index (χ2n) is 28.4. The third kappa shape index (κ3) is 25.5. The Balaban J connectivity index is 0.000000310. The number of nitrogens with zero attached hydrogens (tertiary/aromatic N) is 10. The number of imide groups is 2. The van der Waals surface area contributed by atoms with Gasteiger partial charge in [0.15, 0.2) is 11.7 Å². The lowest BCUT2D eigenvalue weighted by molar-refractivity contribution is -0.161. The summed E-state index contributed by atoms with van der Waals surface area (Å²) >= 11 is 1.57. The van der Waals surface area contributed by atoms with Crippen LogP contribution in [0.15, 0.2) is 235 Å². The Morgan fingerprint density at radius 3 is 1.32 bits per heavy atom. The molecule has 2 fully saturated rings. The summed E-state index contributed by atoms with van der Waals surface area (Å²) in [7, 11) is -11.4. The van der Waals surface area contributed by atoms with E-state index < -0.39 is 102 Å². The molecule has 0 spiro atoms. The Kier molecular flexibility index (Phi) is 39.4. The lowest BCUT2D eigenvalue weighted by atomic mass is 9.80. The van der Waals surface area contributed by atoms with Crippen LogP contribution in [0.3, 0.4) is 0 Å². The summed E-state index contributed by atoms with van der Waals surface area (Å²) in [5, 5.41) is 3.55. The van der Waals surface area contributed by atoms with Gasteiger partial charge in [0.05, 0.1) is 28.5 Å². The molecular weight excluding hydrogens is 1890 g/mol. The highest BCUT2D eigenvalue weighted by Crippen LogP contribution is 2.38. The van der Waals surface area contributed by atoms with Gasteiger partial charge in [0.1, 0.15) is 92.6 Å². The number of rotatable bonds is 17. The van der Waals surface area contributed by atoms with Crippen molar-refractivity contribution in [2.75, 3.05) is 54.7 Å². The number of aryl methyl sites for hydroxylation is 1. The lowest BCUT2D eigenvalue weighted by Crippen LogP contribution is -2.62. The number of sulfonamides is 4. The Morgan fingerprint density at radius 1 is 0.493 bits per heavy atom. The molecule has 9 heterocycles. The number of hydrogen-bond donors (Lipinski definition) is 0. The fourth-order valence-corrected chi connectivity index (χ4v) is 20.1. The molecule has 0 N–H and O–H groups in total. The van der Waals surface area contributed by atoms with E-state index in [1.807, 2.05) is 0 Å². The van der Waals surface area contributed by atoms with E-state index >= 15 is 0 Å². The number of amides is 11. The summed E-state index contributed by atoms with van der Waals surface area (Å²) in [6, 6.07) is 16.1. The first-order valence-electron chi connectivity index (χ1n) is 37.7. The molecule has 9 aliphatic heterocycles. The van der Waals surface area contributed by atoms with E-state index in [-0.39, 0.29) is 98.5 Å². The van der Waals surface area contributed by atoms with Gasteiger partial charge in [0, 0.05) is 71.3 Å². The minimum absolute atomic E-state index is 0.0128. The van der Waals surface area contributed by atoms with Crippen molar-refractivity contribution in [1.29, 1.82) is 0 Å². The van der Waals surface area contributed by atoms with Crippen LogP contribution in [0.1, 0.15) is 81.8 Å². The van der Waals surface area contributed by atoms with Gasteiger partial charge in [0.25, 0.3) is 101 Å². The van der Waals surface area contributed by atoms with Gasteiger partial charge in [-0.3, -0.25) is 71.9 Å². The quantitative estimate of drug-likeness (QED) is 0.0610. The van der Waals surface area contributed by atoms with Crippen molar-refractivity contribution >= 4 is 180 Å². The Bertz CT molecular complexity index is 5950. The topological polar surface area (TPSA) is 584 Å². The van der Waals surface area contributed by atoms with Crippen molar-refractivity contribution in [2.45, 2.75) is 93.4 Å². The van der Waals surface area contributed by atoms with Crippen LogP contribution in [0, 0.1) is 23.2 Å². The number of benzene rings is 3. The smallest absolute Gasteiger partial charge is 0.418 e. The third-order valence-corrected chi connectivity index (χ3v) is 29.2. The van der Waals surface area contributed by atoms with Crippen molar-refractivity contribution in [3.05, 3.63) is 227 Å². The van der Waals surface area contributed by atoms with Crippen LogP contribution >= 0.6 is 11.8 Å². The van der Waals surface area contributed by atoms with E-state index in [0.717, 1.165) is 102 Å². The summed E-state index contributed by atoms with van der Waals surface area (Å²) < 4.78 is 142. The highest BCUT2D eigenvalue weighted by Gasteiger charge is 2.57. The Hall–Kier alpha value is -14.8. The average Bonchev–Trinajstić information content (AvgIpc) is 1.39. The first kappa shape index (κ1) is 111. The largest absolute Gasteiger partial charge is 0.486 e. The number of aldehydes is 3. The summed E-state index contributed by atoms with van der Waals surface area (Å²) in [6.45, 7) is 33.1. The number of allylic oxidation sites excluding steroid dienone is 9. The third-order valence-electron chi connectivity index (χ3n) is 19.4. The number of fused-ring (bicyclic) bond motifs is 3. The maximum atomic E-state index is 12.2. The van der Waals surface area contributed by atoms with E-state index in [0.29, 0.717) is 74.3 Å². The molecule has 51 heteroatoms. The number of thioether (sulfide) groups is 1. The maximum absolute atomic E-state index is 12.2. The van der Waals surface area contributed by atoms with Crippen molar-refractivity contribution in [3.63, 3.8) is 0 Å². The number of oxime groups is 1. The van der Waals surface area contributed by atoms with Crippen molar-refractivity contribution in [1.82, 2.24) is 41.1 Å². The molecule has 1 unspecified atom stereocenters. The van der Waals surface area contributed by atoms with Crippen LogP contribution in [0.25, 0.3) is 0 Å². The minimum Gasteiger partial charge on any atom is -0.486 e. The van der Waals surface area contributed by atoms with Crippen LogP contribution in [-0.2, 0) is 171 Å². The average molecular weight is 1980 g/mol. The molecule has 11 amide bonds. The minimum atomic E-state index is -4.23. The van der Waals surface area contributed by atoms with Crippen LogP contribution in [-0.4, -0.2) is 255 Å². The fraction of sp³-hybridized carbons (Fsp3) is 0.265. The van der Waals surface area contributed by atoms with Gasteiger partial charge in [0.2, 0.25) is 37.0 Å². The zero-order valence-electron chi connectivity index (χ0n) is 73.6. The molecule has 3 aromatic rings. The van der Waals surface area contributed by atoms with E-state index in [1.54, 1.807) is 94.4 Å². The van der Waals surface area contributed by atoms with Crippen LogP contribution in [0.4, 0.5) is 0 Å². The summed E-state index contributed by atoms with van der Waals surface area (Å²) in [4.78, 5) is 206. The zero-order valence-corrected chi connectivity index (χ0v) is 78.5. The molecule has 2 aliphatic carbocycles. The summed E-state index contributed by atoms with van der Waals surface area (Å²) in [6.07, 6.45) is 14.4. The first-order valence-corrected chi connectivity index (χ1v) is 45.8. The van der Waals surface area contributed by atoms with E-state index in [1.165, 1.54) is 101 Å². The Labute approximate surface area is 774 Å². The maximum Gasteiger partial charge on any atom is 0.418 e. The van der Waals surface area contributed by atoms with Crippen LogP contribution < -0.4 is 0 Å². The molecule has 1 atom stereocenters. The first-order chi connectivity index (χ1) is 62.5. The Morgan fingerprint density at radius 2 is 0.955 bits per heavy atom. The lowest BCUT2D eigenvalue weighted by Gasteiger charge is -2.41. The van der Waals surface area contributed by atoms with Gasteiger partial charge < -0.3 is 71.6 Å².